The Morgan fingerprint density at radius 3 is 2.48 bits per heavy atom. The van der Waals surface area contributed by atoms with Gasteiger partial charge in [-0.05, 0) is 33.3 Å². The van der Waals surface area contributed by atoms with Gasteiger partial charge in [0.05, 0.1) is 13.1 Å². The molecule has 1 aromatic heterocycles. The zero-order chi connectivity index (χ0) is 16.0. The van der Waals surface area contributed by atoms with Crippen LogP contribution in [0.1, 0.15) is 43.8 Å². The van der Waals surface area contributed by atoms with Crippen molar-refractivity contribution in [1.82, 2.24) is 10.6 Å². The van der Waals surface area contributed by atoms with Crippen LogP contribution in [0.5, 0.6) is 0 Å². The van der Waals surface area contributed by atoms with E-state index in [4.69, 9.17) is 4.42 Å². The molecule has 1 heterocycles. The van der Waals surface area contributed by atoms with Crippen LogP contribution in [-0.4, -0.2) is 30.0 Å². The normalized spacial score (nSPS) is 13.6. The van der Waals surface area contributed by atoms with Gasteiger partial charge in [0.2, 0.25) is 11.8 Å². The zero-order valence-corrected chi connectivity index (χ0v) is 13.1. The summed E-state index contributed by atoms with van der Waals surface area (Å²) in [6, 6.07) is 1.75. The summed E-state index contributed by atoms with van der Waals surface area (Å²) < 4.78 is 5.38. The Kier molecular flexibility index (Phi) is 5.96. The molecule has 6 nitrogen and oxygen atoms in total. The summed E-state index contributed by atoms with van der Waals surface area (Å²) in [4.78, 5) is 22.9. The Bertz CT molecular complexity index is 506. The van der Waals surface area contributed by atoms with E-state index < -0.39 is 5.60 Å². The number of nitrogens with one attached hydrogen (secondary N) is 2. The SMILES string of the molecule is CCCC(=O)NCC(=O)NCC(C)(O)c1cc(C)oc1C. The number of carbonyl (C=O) groups excluding carboxylic acids is 2. The molecule has 0 spiro atoms. The van der Waals surface area contributed by atoms with Crippen molar-refractivity contribution < 1.29 is 19.1 Å². The fourth-order valence-electron chi connectivity index (χ4n) is 2.09. The lowest BCUT2D eigenvalue weighted by molar-refractivity contribution is -0.126. The molecular formula is C15H24N2O4. The summed E-state index contributed by atoms with van der Waals surface area (Å²) in [5, 5.41) is 15.6. The zero-order valence-electron chi connectivity index (χ0n) is 13.1. The van der Waals surface area contributed by atoms with Crippen molar-refractivity contribution in [2.24, 2.45) is 0 Å². The second-order valence-corrected chi connectivity index (χ2v) is 5.40. The summed E-state index contributed by atoms with van der Waals surface area (Å²) in [5.74, 6) is 0.849. The van der Waals surface area contributed by atoms with Gasteiger partial charge in [0.25, 0.3) is 0 Å². The molecule has 1 atom stereocenters. The van der Waals surface area contributed by atoms with Crippen LogP contribution in [0.4, 0.5) is 0 Å². The first kappa shape index (κ1) is 17.2. The molecule has 0 saturated carbocycles. The highest BCUT2D eigenvalue weighted by molar-refractivity contribution is 5.84. The standard InChI is InChI=1S/C15H24N2O4/c1-5-6-13(18)16-8-14(19)17-9-15(4,20)12-7-10(2)21-11(12)3/h7,20H,5-6,8-9H2,1-4H3,(H,16,18)(H,17,19). The molecule has 21 heavy (non-hydrogen) atoms. The van der Waals surface area contributed by atoms with Gasteiger partial charge in [-0.2, -0.15) is 0 Å². The third-order valence-corrected chi connectivity index (χ3v) is 3.17. The smallest absolute Gasteiger partial charge is 0.239 e. The van der Waals surface area contributed by atoms with Crippen LogP contribution in [0.15, 0.2) is 10.5 Å². The van der Waals surface area contributed by atoms with Crippen molar-refractivity contribution in [2.45, 2.75) is 46.1 Å². The molecule has 2 amide bonds. The van der Waals surface area contributed by atoms with Gasteiger partial charge in [-0.1, -0.05) is 6.92 Å². The lowest BCUT2D eigenvalue weighted by atomic mass is 9.96. The Morgan fingerprint density at radius 2 is 1.95 bits per heavy atom. The summed E-state index contributed by atoms with van der Waals surface area (Å²) >= 11 is 0. The van der Waals surface area contributed by atoms with E-state index in [2.05, 4.69) is 10.6 Å². The van der Waals surface area contributed by atoms with E-state index >= 15 is 0 Å². The molecule has 0 bridgehead atoms. The fraction of sp³-hybridized carbons (Fsp3) is 0.600. The van der Waals surface area contributed by atoms with Gasteiger partial charge in [0.1, 0.15) is 17.1 Å². The van der Waals surface area contributed by atoms with Gasteiger partial charge < -0.3 is 20.2 Å². The Morgan fingerprint density at radius 1 is 1.29 bits per heavy atom. The van der Waals surface area contributed by atoms with Crippen molar-refractivity contribution in [2.75, 3.05) is 13.1 Å². The largest absolute Gasteiger partial charge is 0.466 e. The minimum atomic E-state index is -1.22. The summed E-state index contributed by atoms with van der Waals surface area (Å²) in [6.45, 7) is 7.04. The third kappa shape index (κ3) is 5.23. The lowest BCUT2D eigenvalue weighted by Gasteiger charge is -2.23. The molecule has 118 valence electrons. The molecule has 0 aromatic carbocycles. The van der Waals surface area contributed by atoms with Crippen LogP contribution in [0.3, 0.4) is 0 Å². The fourth-order valence-corrected chi connectivity index (χ4v) is 2.09. The first-order chi connectivity index (χ1) is 9.76. The van der Waals surface area contributed by atoms with Crippen LogP contribution >= 0.6 is 0 Å². The van der Waals surface area contributed by atoms with E-state index in [1.807, 2.05) is 6.92 Å². The van der Waals surface area contributed by atoms with Gasteiger partial charge in [-0.15, -0.1) is 0 Å². The molecule has 0 saturated heterocycles. The maximum atomic E-state index is 11.7. The van der Waals surface area contributed by atoms with E-state index in [-0.39, 0.29) is 24.9 Å². The molecular weight excluding hydrogens is 272 g/mol. The van der Waals surface area contributed by atoms with Gasteiger partial charge in [0.15, 0.2) is 0 Å². The molecule has 3 N–H and O–H groups in total. The third-order valence-electron chi connectivity index (χ3n) is 3.17. The molecule has 0 aliphatic rings. The van der Waals surface area contributed by atoms with Crippen molar-refractivity contribution in [1.29, 1.82) is 0 Å². The predicted molar refractivity (Wildman–Crippen MR) is 78.7 cm³/mol. The second kappa shape index (κ2) is 7.26. The number of amides is 2. The Balaban J connectivity index is 2.48. The molecule has 0 radical (unpaired) electrons. The van der Waals surface area contributed by atoms with Crippen LogP contribution in [0, 0.1) is 13.8 Å². The summed E-state index contributed by atoms with van der Waals surface area (Å²) in [5.41, 5.74) is -0.569. The molecule has 0 aliphatic carbocycles. The van der Waals surface area contributed by atoms with Crippen LogP contribution in [0.2, 0.25) is 0 Å². The van der Waals surface area contributed by atoms with Gasteiger partial charge in [-0.25, -0.2) is 0 Å². The van der Waals surface area contributed by atoms with E-state index in [0.29, 0.717) is 23.5 Å². The first-order valence-corrected chi connectivity index (χ1v) is 7.09. The van der Waals surface area contributed by atoms with E-state index in [0.717, 1.165) is 6.42 Å². The maximum absolute atomic E-state index is 11.7. The van der Waals surface area contributed by atoms with E-state index in [9.17, 15) is 14.7 Å². The molecule has 6 heteroatoms. The number of furan rings is 1. The molecule has 1 aromatic rings. The average molecular weight is 296 g/mol. The highest BCUT2D eigenvalue weighted by Crippen LogP contribution is 2.26. The van der Waals surface area contributed by atoms with Crippen LogP contribution in [0.25, 0.3) is 0 Å². The number of hydrogen-bond acceptors (Lipinski definition) is 4. The first-order valence-electron chi connectivity index (χ1n) is 7.09. The highest BCUT2D eigenvalue weighted by atomic mass is 16.3. The number of carbonyl (C=O) groups is 2. The second-order valence-electron chi connectivity index (χ2n) is 5.40. The van der Waals surface area contributed by atoms with Crippen LogP contribution in [-0.2, 0) is 15.2 Å². The number of aliphatic hydroxyl groups is 1. The quantitative estimate of drug-likeness (QED) is 0.703. The number of hydrogen-bond donors (Lipinski definition) is 3. The van der Waals surface area contributed by atoms with E-state index in [1.54, 1.807) is 26.8 Å². The van der Waals surface area contributed by atoms with Crippen molar-refractivity contribution in [3.05, 3.63) is 23.2 Å². The maximum Gasteiger partial charge on any atom is 0.239 e. The van der Waals surface area contributed by atoms with Crippen molar-refractivity contribution in [3.63, 3.8) is 0 Å². The highest BCUT2D eigenvalue weighted by Gasteiger charge is 2.28. The molecule has 0 fully saturated rings. The minimum Gasteiger partial charge on any atom is -0.466 e. The Hall–Kier alpha value is -1.82. The molecule has 0 aliphatic heterocycles. The number of rotatable bonds is 7. The van der Waals surface area contributed by atoms with Crippen LogP contribution < -0.4 is 10.6 Å². The minimum absolute atomic E-state index is 0.0509. The monoisotopic (exact) mass is 296 g/mol. The van der Waals surface area contributed by atoms with Gasteiger partial charge in [0, 0.05) is 12.0 Å². The van der Waals surface area contributed by atoms with Crippen molar-refractivity contribution >= 4 is 11.8 Å². The van der Waals surface area contributed by atoms with Gasteiger partial charge >= 0.3 is 0 Å². The molecule has 1 rings (SSSR count). The van der Waals surface area contributed by atoms with Gasteiger partial charge in [-0.3, -0.25) is 9.59 Å². The topological polar surface area (TPSA) is 91.6 Å². The number of aryl methyl sites for hydroxylation is 2. The summed E-state index contributed by atoms with van der Waals surface area (Å²) in [7, 11) is 0. The lowest BCUT2D eigenvalue weighted by Crippen LogP contribution is -2.43. The molecule has 1 unspecified atom stereocenters. The average Bonchev–Trinajstić information content (AvgIpc) is 2.74. The van der Waals surface area contributed by atoms with Crippen molar-refractivity contribution in [3.8, 4) is 0 Å². The Labute approximate surface area is 124 Å². The summed E-state index contributed by atoms with van der Waals surface area (Å²) in [6.07, 6.45) is 1.14. The van der Waals surface area contributed by atoms with E-state index in [1.165, 1.54) is 0 Å². The predicted octanol–water partition coefficient (Wildman–Crippen LogP) is 1.14.